The highest BCUT2D eigenvalue weighted by atomic mass is 16.5. The van der Waals surface area contributed by atoms with Gasteiger partial charge in [-0.15, -0.1) is 0 Å². The van der Waals surface area contributed by atoms with Gasteiger partial charge in [0, 0.05) is 24.8 Å². The second-order valence-corrected chi connectivity index (χ2v) is 4.52. The number of rotatable bonds is 8. The highest BCUT2D eigenvalue weighted by Crippen LogP contribution is 2.09. The number of aldehydes is 2. The molecule has 1 aromatic carbocycles. The lowest BCUT2D eigenvalue weighted by Crippen LogP contribution is -2.05. The fourth-order valence-corrected chi connectivity index (χ4v) is 1.43. The van der Waals surface area contributed by atoms with Crippen LogP contribution in [0, 0.1) is 0 Å². The van der Waals surface area contributed by atoms with Crippen LogP contribution < -0.4 is 0 Å². The van der Waals surface area contributed by atoms with E-state index in [1.165, 1.54) is 0 Å². The molecule has 0 amide bonds. The number of phenols is 1. The predicted octanol–water partition coefficient (Wildman–Crippen LogP) is 2.49. The molecule has 6 heteroatoms. The molecule has 0 unspecified atom stereocenters. The number of ether oxygens (including phenoxy) is 1. The van der Waals surface area contributed by atoms with Crippen molar-refractivity contribution in [3.8, 4) is 5.75 Å². The summed E-state index contributed by atoms with van der Waals surface area (Å²) in [4.78, 5) is 30.4. The van der Waals surface area contributed by atoms with Gasteiger partial charge in [-0.25, -0.2) is 0 Å². The molecule has 0 bridgehead atoms. The summed E-state index contributed by atoms with van der Waals surface area (Å²) < 4.78 is 4.92. The fourth-order valence-electron chi connectivity index (χ4n) is 1.43. The second kappa shape index (κ2) is 13.1. The summed E-state index contributed by atoms with van der Waals surface area (Å²) in [7, 11) is 0. The van der Waals surface area contributed by atoms with Crippen LogP contribution in [-0.4, -0.2) is 35.4 Å². The van der Waals surface area contributed by atoms with Gasteiger partial charge < -0.3 is 19.7 Å². The molecular formula is C17H22O6. The van der Waals surface area contributed by atoms with Gasteiger partial charge >= 0.3 is 5.97 Å². The van der Waals surface area contributed by atoms with E-state index in [1.807, 2.05) is 12.1 Å². The van der Waals surface area contributed by atoms with Gasteiger partial charge in [-0.05, 0) is 24.1 Å². The number of phenolic OH excluding ortho intramolecular Hbond substituents is 1. The molecule has 1 rings (SSSR count). The van der Waals surface area contributed by atoms with Crippen LogP contribution in [0.1, 0.15) is 31.7 Å². The van der Waals surface area contributed by atoms with Crippen molar-refractivity contribution >= 4 is 18.5 Å². The fraction of sp³-hybridized carbons (Fsp3) is 0.353. The first-order valence-electron chi connectivity index (χ1n) is 7.22. The zero-order valence-electron chi connectivity index (χ0n) is 13.1. The van der Waals surface area contributed by atoms with Crippen LogP contribution in [0.2, 0.25) is 0 Å². The van der Waals surface area contributed by atoms with Crippen molar-refractivity contribution in [2.24, 2.45) is 0 Å². The maximum absolute atomic E-state index is 10.8. The molecule has 0 aliphatic heterocycles. The summed E-state index contributed by atoms with van der Waals surface area (Å²) in [5.74, 6) is 0.0723. The molecule has 6 nitrogen and oxygen atoms in total. The first-order valence-corrected chi connectivity index (χ1v) is 7.22. The first-order chi connectivity index (χ1) is 11.1. The lowest BCUT2D eigenvalue weighted by molar-refractivity contribution is -0.143. The molecule has 0 saturated carbocycles. The Kier molecular flexibility index (Phi) is 11.6. The standard InChI is InChI=1S/C11H14O3.C6H8O3/c1-2-11(13)14-8-7-9-3-5-10(12)6-4-9;7-3-1-2-6(4-8)5-9/h3-6,12H,2,7-8H2,1H3;3-5,8H,1-2H2/b;6-4+. The van der Waals surface area contributed by atoms with E-state index in [4.69, 9.17) is 14.9 Å². The maximum Gasteiger partial charge on any atom is 0.305 e. The lowest BCUT2D eigenvalue weighted by atomic mass is 10.1. The molecule has 0 atom stereocenters. The van der Waals surface area contributed by atoms with Crippen LogP contribution in [0.5, 0.6) is 5.75 Å². The van der Waals surface area contributed by atoms with Gasteiger partial charge in [0.25, 0.3) is 0 Å². The van der Waals surface area contributed by atoms with E-state index in [1.54, 1.807) is 19.1 Å². The number of hydrogen-bond acceptors (Lipinski definition) is 6. The molecular weight excluding hydrogens is 300 g/mol. The third-order valence-electron chi connectivity index (χ3n) is 2.75. The van der Waals surface area contributed by atoms with Crippen LogP contribution in [-0.2, 0) is 25.5 Å². The van der Waals surface area contributed by atoms with Gasteiger partial charge in [-0.3, -0.25) is 9.59 Å². The molecule has 0 aromatic heterocycles. The number of carbonyl (C=O) groups excluding carboxylic acids is 3. The Morgan fingerprint density at radius 1 is 1.22 bits per heavy atom. The van der Waals surface area contributed by atoms with Crippen LogP contribution in [0.3, 0.4) is 0 Å². The number of aromatic hydroxyl groups is 1. The number of hydrogen-bond donors (Lipinski definition) is 2. The highest BCUT2D eigenvalue weighted by Gasteiger charge is 1.98. The summed E-state index contributed by atoms with van der Waals surface area (Å²) in [6.07, 6.45) is 3.66. The SMILES string of the molecule is CCC(=O)OCCc1ccc(O)cc1.O=CCC/C(C=O)=C\O. The van der Waals surface area contributed by atoms with Gasteiger partial charge in [-0.2, -0.15) is 0 Å². The van der Waals surface area contributed by atoms with E-state index < -0.39 is 0 Å². The van der Waals surface area contributed by atoms with Crippen molar-refractivity contribution in [2.75, 3.05) is 6.61 Å². The number of aliphatic hydroxyl groups excluding tert-OH is 1. The predicted molar refractivity (Wildman–Crippen MR) is 85.1 cm³/mol. The van der Waals surface area contributed by atoms with Gasteiger partial charge in [0.1, 0.15) is 18.3 Å². The third kappa shape index (κ3) is 10.7. The summed E-state index contributed by atoms with van der Waals surface area (Å²) in [6, 6.07) is 6.87. The Morgan fingerprint density at radius 3 is 2.35 bits per heavy atom. The molecule has 1 aromatic rings. The first kappa shape index (κ1) is 20.4. The topological polar surface area (TPSA) is 101 Å². The third-order valence-corrected chi connectivity index (χ3v) is 2.75. The number of aliphatic hydroxyl groups is 1. The normalized spacial score (nSPS) is 10.2. The van der Waals surface area contributed by atoms with Gasteiger partial charge in [-0.1, -0.05) is 19.1 Å². The van der Waals surface area contributed by atoms with Crippen LogP contribution >= 0.6 is 0 Å². The van der Waals surface area contributed by atoms with Crippen molar-refractivity contribution in [1.82, 2.24) is 0 Å². The van der Waals surface area contributed by atoms with E-state index in [0.29, 0.717) is 38.4 Å². The molecule has 0 aliphatic rings. The van der Waals surface area contributed by atoms with Crippen LogP contribution in [0.15, 0.2) is 36.1 Å². The van der Waals surface area contributed by atoms with Crippen molar-refractivity contribution in [3.63, 3.8) is 0 Å². The largest absolute Gasteiger partial charge is 0.515 e. The van der Waals surface area contributed by atoms with Crippen molar-refractivity contribution in [2.45, 2.75) is 32.6 Å². The van der Waals surface area contributed by atoms with E-state index >= 15 is 0 Å². The summed E-state index contributed by atoms with van der Waals surface area (Å²) in [6.45, 7) is 2.17. The maximum atomic E-state index is 10.8. The molecule has 0 fully saturated rings. The van der Waals surface area contributed by atoms with E-state index in [-0.39, 0.29) is 23.7 Å². The van der Waals surface area contributed by atoms with Gasteiger partial charge in [0.15, 0.2) is 0 Å². The number of esters is 1. The number of allylic oxidation sites excluding steroid dienone is 1. The van der Waals surface area contributed by atoms with E-state index in [9.17, 15) is 14.4 Å². The molecule has 126 valence electrons. The quantitative estimate of drug-likeness (QED) is 0.330. The highest BCUT2D eigenvalue weighted by molar-refractivity contribution is 5.73. The van der Waals surface area contributed by atoms with Gasteiger partial charge in [0.2, 0.25) is 0 Å². The van der Waals surface area contributed by atoms with Crippen LogP contribution in [0.25, 0.3) is 0 Å². The number of carbonyl (C=O) groups is 3. The summed E-state index contributed by atoms with van der Waals surface area (Å²) in [5, 5.41) is 17.3. The molecule has 0 spiro atoms. The van der Waals surface area contributed by atoms with Crippen LogP contribution in [0.4, 0.5) is 0 Å². The van der Waals surface area contributed by atoms with Crippen molar-refractivity contribution < 1.29 is 29.3 Å². The molecule has 0 heterocycles. The van der Waals surface area contributed by atoms with Gasteiger partial charge in [0.05, 0.1) is 12.9 Å². The average molecular weight is 322 g/mol. The van der Waals surface area contributed by atoms with Crippen molar-refractivity contribution in [3.05, 3.63) is 41.7 Å². The molecule has 0 saturated heterocycles. The summed E-state index contributed by atoms with van der Waals surface area (Å²) in [5.41, 5.74) is 1.30. The number of benzene rings is 1. The molecule has 0 radical (unpaired) electrons. The second-order valence-electron chi connectivity index (χ2n) is 4.52. The van der Waals surface area contributed by atoms with Crippen molar-refractivity contribution in [1.29, 1.82) is 0 Å². The molecule has 0 aliphatic carbocycles. The van der Waals surface area contributed by atoms with E-state index in [0.717, 1.165) is 11.8 Å². The Morgan fingerprint density at radius 2 is 1.87 bits per heavy atom. The molecule has 23 heavy (non-hydrogen) atoms. The Bertz CT molecular complexity index is 504. The smallest absolute Gasteiger partial charge is 0.305 e. The minimum atomic E-state index is -0.177. The zero-order valence-corrected chi connectivity index (χ0v) is 13.1. The Hall–Kier alpha value is -2.63. The zero-order chi connectivity index (χ0) is 17.5. The minimum Gasteiger partial charge on any atom is -0.515 e. The lowest BCUT2D eigenvalue weighted by Gasteiger charge is -2.03. The average Bonchev–Trinajstić information content (AvgIpc) is 2.58. The molecule has 2 N–H and O–H groups in total. The summed E-state index contributed by atoms with van der Waals surface area (Å²) >= 11 is 0. The Labute approximate surface area is 135 Å². The minimum absolute atomic E-state index is 0.177. The van der Waals surface area contributed by atoms with E-state index in [2.05, 4.69) is 0 Å². The Balaban J connectivity index is 0.000000468. The monoisotopic (exact) mass is 322 g/mol.